The van der Waals surface area contributed by atoms with E-state index in [0.29, 0.717) is 19.0 Å². The molecule has 2 aromatic rings. The van der Waals surface area contributed by atoms with Crippen LogP contribution in [-0.4, -0.2) is 16.4 Å². The van der Waals surface area contributed by atoms with Crippen molar-refractivity contribution in [1.82, 2.24) is 9.78 Å². The van der Waals surface area contributed by atoms with E-state index in [0.717, 1.165) is 24.8 Å². The maximum atomic E-state index is 12.1. The lowest BCUT2D eigenvalue weighted by atomic mass is 10.2. The molecule has 0 saturated carbocycles. The van der Waals surface area contributed by atoms with E-state index in [2.05, 4.69) is 5.10 Å². The molecule has 0 aliphatic carbocycles. The molecule has 0 spiro atoms. The lowest BCUT2D eigenvalue weighted by Gasteiger charge is -2.23. The third-order valence-corrected chi connectivity index (χ3v) is 3.48. The summed E-state index contributed by atoms with van der Waals surface area (Å²) in [5.41, 5.74) is 0.866. The Labute approximate surface area is 123 Å². The first-order chi connectivity index (χ1) is 10.3. The fourth-order valence-electron chi connectivity index (χ4n) is 2.35. The Morgan fingerprint density at radius 2 is 2.14 bits per heavy atom. The Morgan fingerprint density at radius 1 is 1.29 bits per heavy atom. The molecule has 3 rings (SSSR count). The van der Waals surface area contributed by atoms with Crippen LogP contribution in [0.1, 0.15) is 31.1 Å². The van der Waals surface area contributed by atoms with Crippen LogP contribution < -0.4 is 10.3 Å². The minimum absolute atomic E-state index is 0.188. The molecule has 0 amide bonds. The average Bonchev–Trinajstić information content (AvgIpc) is 2.55. The van der Waals surface area contributed by atoms with Gasteiger partial charge in [-0.15, -0.1) is 0 Å². The number of benzene rings is 1. The van der Waals surface area contributed by atoms with E-state index >= 15 is 0 Å². The van der Waals surface area contributed by atoms with Crippen molar-refractivity contribution < 1.29 is 9.47 Å². The molecule has 1 atom stereocenters. The highest BCUT2D eigenvalue weighted by atomic mass is 16.5. The first-order valence-electron chi connectivity index (χ1n) is 7.20. The first-order valence-corrected chi connectivity index (χ1v) is 7.20. The van der Waals surface area contributed by atoms with Crippen LogP contribution in [0, 0.1) is 0 Å². The zero-order valence-corrected chi connectivity index (χ0v) is 11.8. The quantitative estimate of drug-likeness (QED) is 0.866. The molecule has 1 saturated heterocycles. The molecule has 5 heteroatoms. The van der Waals surface area contributed by atoms with Crippen LogP contribution in [0.5, 0.6) is 5.75 Å². The fourth-order valence-corrected chi connectivity index (χ4v) is 2.35. The summed E-state index contributed by atoms with van der Waals surface area (Å²) in [6, 6.07) is 11.3. The van der Waals surface area contributed by atoms with Crippen molar-refractivity contribution in [2.45, 2.75) is 32.1 Å². The Bertz CT molecular complexity index is 633. The van der Waals surface area contributed by atoms with Crippen LogP contribution in [-0.2, 0) is 11.3 Å². The van der Waals surface area contributed by atoms with Gasteiger partial charge in [-0.05, 0) is 24.8 Å². The van der Waals surface area contributed by atoms with Gasteiger partial charge in [0.25, 0.3) is 5.56 Å². The molecular weight excluding hydrogens is 268 g/mol. The van der Waals surface area contributed by atoms with Gasteiger partial charge in [0.1, 0.15) is 12.4 Å². The highest BCUT2D eigenvalue weighted by molar-refractivity contribution is 5.17. The second-order valence-electron chi connectivity index (χ2n) is 5.07. The number of aromatic nitrogens is 2. The summed E-state index contributed by atoms with van der Waals surface area (Å²) in [5, 5.41) is 4.17. The van der Waals surface area contributed by atoms with Crippen molar-refractivity contribution in [3.8, 4) is 5.75 Å². The predicted molar refractivity (Wildman–Crippen MR) is 78.1 cm³/mol. The monoisotopic (exact) mass is 286 g/mol. The second kappa shape index (κ2) is 6.54. The lowest BCUT2D eigenvalue weighted by Crippen LogP contribution is -2.30. The molecule has 1 aromatic heterocycles. The summed E-state index contributed by atoms with van der Waals surface area (Å²) < 4.78 is 12.6. The molecule has 1 fully saturated rings. The number of ether oxygens (including phenoxy) is 2. The Morgan fingerprint density at radius 3 is 2.86 bits per heavy atom. The molecule has 5 nitrogen and oxygen atoms in total. The van der Waals surface area contributed by atoms with Crippen LogP contribution in [0.2, 0.25) is 0 Å². The Hall–Kier alpha value is -2.14. The van der Waals surface area contributed by atoms with Gasteiger partial charge in [0.2, 0.25) is 0 Å². The number of hydrogen-bond donors (Lipinski definition) is 0. The number of rotatable bonds is 4. The molecule has 110 valence electrons. The van der Waals surface area contributed by atoms with Gasteiger partial charge in [-0.25, -0.2) is 4.68 Å². The van der Waals surface area contributed by atoms with E-state index in [-0.39, 0.29) is 11.8 Å². The lowest BCUT2D eigenvalue weighted by molar-refractivity contribution is -0.0426. The fraction of sp³-hybridized carbons (Fsp3) is 0.375. The molecule has 1 unspecified atom stereocenters. The highest BCUT2D eigenvalue weighted by Crippen LogP contribution is 2.20. The van der Waals surface area contributed by atoms with Crippen molar-refractivity contribution >= 4 is 0 Å². The van der Waals surface area contributed by atoms with Crippen molar-refractivity contribution in [1.29, 1.82) is 0 Å². The number of hydrogen-bond acceptors (Lipinski definition) is 4. The SMILES string of the molecule is O=c1cc(OCc2ccccc2)cnn1C1CCCCO1. The molecule has 21 heavy (non-hydrogen) atoms. The maximum absolute atomic E-state index is 12.1. The summed E-state index contributed by atoms with van der Waals surface area (Å²) >= 11 is 0. The van der Waals surface area contributed by atoms with Gasteiger partial charge in [0.15, 0.2) is 6.23 Å². The van der Waals surface area contributed by atoms with Crippen molar-refractivity contribution in [3.63, 3.8) is 0 Å². The molecule has 2 heterocycles. The smallest absolute Gasteiger partial charge is 0.272 e. The third-order valence-electron chi connectivity index (χ3n) is 3.48. The minimum atomic E-state index is -0.241. The van der Waals surface area contributed by atoms with E-state index in [4.69, 9.17) is 9.47 Å². The summed E-state index contributed by atoms with van der Waals surface area (Å²) in [5.74, 6) is 0.482. The van der Waals surface area contributed by atoms with Gasteiger partial charge in [-0.2, -0.15) is 5.10 Å². The van der Waals surface area contributed by atoms with Crippen molar-refractivity contribution in [3.05, 3.63) is 58.5 Å². The van der Waals surface area contributed by atoms with Crippen LogP contribution in [0.25, 0.3) is 0 Å². The van der Waals surface area contributed by atoms with E-state index < -0.39 is 0 Å². The molecule has 0 N–H and O–H groups in total. The summed E-state index contributed by atoms with van der Waals surface area (Å²) in [7, 11) is 0. The van der Waals surface area contributed by atoms with Gasteiger partial charge in [-0.1, -0.05) is 30.3 Å². The highest BCUT2D eigenvalue weighted by Gasteiger charge is 2.17. The summed E-state index contributed by atoms with van der Waals surface area (Å²) in [6.07, 6.45) is 4.27. The molecule has 0 radical (unpaired) electrons. The zero-order chi connectivity index (χ0) is 14.5. The van der Waals surface area contributed by atoms with Gasteiger partial charge in [0, 0.05) is 12.7 Å². The van der Waals surface area contributed by atoms with E-state index in [1.54, 1.807) is 6.20 Å². The van der Waals surface area contributed by atoms with Gasteiger partial charge < -0.3 is 9.47 Å². The van der Waals surface area contributed by atoms with E-state index in [9.17, 15) is 4.79 Å². The standard InChI is InChI=1S/C16H18N2O3/c19-15-10-14(21-12-13-6-2-1-3-7-13)11-17-18(15)16-8-4-5-9-20-16/h1-3,6-7,10-11,16H,4-5,8-9,12H2. The van der Waals surface area contributed by atoms with Crippen LogP contribution >= 0.6 is 0 Å². The normalized spacial score (nSPS) is 18.4. The first kappa shape index (κ1) is 13.8. The third kappa shape index (κ3) is 3.49. The molecule has 0 bridgehead atoms. The Kier molecular flexibility index (Phi) is 4.31. The van der Waals surface area contributed by atoms with Crippen LogP contribution in [0.4, 0.5) is 0 Å². The van der Waals surface area contributed by atoms with Crippen LogP contribution in [0.3, 0.4) is 0 Å². The van der Waals surface area contributed by atoms with Crippen molar-refractivity contribution in [2.75, 3.05) is 6.61 Å². The van der Waals surface area contributed by atoms with Gasteiger partial charge in [0.05, 0.1) is 6.20 Å². The van der Waals surface area contributed by atoms with E-state index in [1.807, 2.05) is 30.3 Å². The summed E-state index contributed by atoms with van der Waals surface area (Å²) in [6.45, 7) is 1.11. The summed E-state index contributed by atoms with van der Waals surface area (Å²) in [4.78, 5) is 12.1. The minimum Gasteiger partial charge on any atom is -0.487 e. The van der Waals surface area contributed by atoms with Crippen molar-refractivity contribution in [2.24, 2.45) is 0 Å². The Balaban J connectivity index is 1.68. The maximum Gasteiger partial charge on any atom is 0.272 e. The predicted octanol–water partition coefficient (Wildman–Crippen LogP) is 2.52. The van der Waals surface area contributed by atoms with Gasteiger partial charge >= 0.3 is 0 Å². The molecule has 1 aliphatic rings. The molecular formula is C16H18N2O3. The van der Waals surface area contributed by atoms with E-state index in [1.165, 1.54) is 10.7 Å². The van der Waals surface area contributed by atoms with Gasteiger partial charge in [-0.3, -0.25) is 4.79 Å². The largest absolute Gasteiger partial charge is 0.487 e. The molecule has 1 aromatic carbocycles. The number of nitrogens with zero attached hydrogens (tertiary/aromatic N) is 2. The average molecular weight is 286 g/mol. The topological polar surface area (TPSA) is 53.3 Å². The second-order valence-corrected chi connectivity index (χ2v) is 5.07. The van der Waals surface area contributed by atoms with Crippen LogP contribution in [0.15, 0.2) is 47.4 Å². The zero-order valence-electron chi connectivity index (χ0n) is 11.8. The molecule has 1 aliphatic heterocycles.